The maximum absolute atomic E-state index is 13.2. The molecule has 1 aromatic heterocycles. The summed E-state index contributed by atoms with van der Waals surface area (Å²) in [6.07, 6.45) is 0. The average Bonchev–Trinajstić information content (AvgIpc) is 2.62. The van der Waals surface area contributed by atoms with Crippen LogP contribution in [0.5, 0.6) is 0 Å². The zero-order chi connectivity index (χ0) is 12.4. The summed E-state index contributed by atoms with van der Waals surface area (Å²) >= 11 is 1.92. The standard InChI is InChI=1S/C14H18FNS/c1-4-16-13(9-17-10(2)3)8-11-7-12(15)5-6-14(11)16/h5-8,10H,4,9H2,1-3H3. The van der Waals surface area contributed by atoms with Crippen LogP contribution in [0.25, 0.3) is 10.9 Å². The maximum Gasteiger partial charge on any atom is 0.123 e. The summed E-state index contributed by atoms with van der Waals surface area (Å²) in [6, 6.07) is 7.13. The summed E-state index contributed by atoms with van der Waals surface area (Å²) < 4.78 is 15.4. The van der Waals surface area contributed by atoms with E-state index in [1.165, 1.54) is 11.8 Å². The molecule has 0 unspecified atom stereocenters. The van der Waals surface area contributed by atoms with Crippen molar-refractivity contribution in [2.24, 2.45) is 0 Å². The van der Waals surface area contributed by atoms with Crippen molar-refractivity contribution in [2.45, 2.75) is 38.3 Å². The Morgan fingerprint density at radius 3 is 2.71 bits per heavy atom. The molecule has 0 saturated carbocycles. The van der Waals surface area contributed by atoms with E-state index in [9.17, 15) is 4.39 Å². The van der Waals surface area contributed by atoms with Gasteiger partial charge in [-0.05, 0) is 36.4 Å². The van der Waals surface area contributed by atoms with Gasteiger partial charge in [-0.25, -0.2) is 4.39 Å². The normalized spacial score (nSPS) is 11.6. The zero-order valence-corrected chi connectivity index (χ0v) is 11.4. The summed E-state index contributed by atoms with van der Waals surface area (Å²) in [4.78, 5) is 0. The molecule has 0 N–H and O–H groups in total. The lowest BCUT2D eigenvalue weighted by Crippen LogP contribution is -2.00. The van der Waals surface area contributed by atoms with Crippen LogP contribution < -0.4 is 0 Å². The van der Waals surface area contributed by atoms with Crippen molar-refractivity contribution in [3.05, 3.63) is 35.8 Å². The van der Waals surface area contributed by atoms with Crippen molar-refractivity contribution in [1.29, 1.82) is 0 Å². The Labute approximate surface area is 106 Å². The second kappa shape index (κ2) is 5.13. The zero-order valence-electron chi connectivity index (χ0n) is 10.5. The van der Waals surface area contributed by atoms with Crippen molar-refractivity contribution >= 4 is 22.7 Å². The number of aromatic nitrogens is 1. The third-order valence-electron chi connectivity index (χ3n) is 2.83. The SMILES string of the molecule is CCn1c(CSC(C)C)cc2cc(F)ccc21. The highest BCUT2D eigenvalue weighted by atomic mass is 32.2. The van der Waals surface area contributed by atoms with Crippen molar-refractivity contribution in [3.63, 3.8) is 0 Å². The molecular formula is C14H18FNS. The summed E-state index contributed by atoms with van der Waals surface area (Å²) in [7, 11) is 0. The summed E-state index contributed by atoms with van der Waals surface area (Å²) in [5.74, 6) is 0.829. The second-order valence-corrected chi connectivity index (χ2v) is 6.01. The van der Waals surface area contributed by atoms with E-state index in [0.29, 0.717) is 5.25 Å². The number of hydrogen-bond acceptors (Lipinski definition) is 1. The first kappa shape index (κ1) is 12.5. The number of fused-ring (bicyclic) bond motifs is 1. The second-order valence-electron chi connectivity index (χ2n) is 4.44. The first-order valence-electron chi connectivity index (χ1n) is 6.01. The lowest BCUT2D eigenvalue weighted by atomic mass is 10.2. The van der Waals surface area contributed by atoms with Crippen molar-refractivity contribution in [3.8, 4) is 0 Å². The minimum atomic E-state index is -0.159. The van der Waals surface area contributed by atoms with E-state index in [0.717, 1.165) is 23.2 Å². The molecule has 0 fully saturated rings. The van der Waals surface area contributed by atoms with Gasteiger partial charge in [0.05, 0.1) is 0 Å². The van der Waals surface area contributed by atoms with Crippen molar-refractivity contribution < 1.29 is 4.39 Å². The maximum atomic E-state index is 13.2. The number of hydrogen-bond donors (Lipinski definition) is 0. The van der Waals surface area contributed by atoms with Gasteiger partial charge in [-0.15, -0.1) is 0 Å². The molecule has 92 valence electrons. The Kier molecular flexibility index (Phi) is 3.77. The van der Waals surface area contributed by atoms with E-state index < -0.39 is 0 Å². The number of halogens is 1. The van der Waals surface area contributed by atoms with Crippen LogP contribution in [-0.4, -0.2) is 9.82 Å². The van der Waals surface area contributed by atoms with Gasteiger partial charge >= 0.3 is 0 Å². The molecule has 1 aromatic carbocycles. The fourth-order valence-corrected chi connectivity index (χ4v) is 2.79. The molecule has 0 amide bonds. The van der Waals surface area contributed by atoms with Gasteiger partial charge in [-0.2, -0.15) is 11.8 Å². The minimum absolute atomic E-state index is 0.159. The Balaban J connectivity index is 2.41. The molecule has 17 heavy (non-hydrogen) atoms. The van der Waals surface area contributed by atoms with Gasteiger partial charge in [0.15, 0.2) is 0 Å². The highest BCUT2D eigenvalue weighted by Gasteiger charge is 2.08. The van der Waals surface area contributed by atoms with Gasteiger partial charge in [-0.1, -0.05) is 13.8 Å². The topological polar surface area (TPSA) is 4.93 Å². The third-order valence-corrected chi connectivity index (χ3v) is 3.96. The lowest BCUT2D eigenvalue weighted by molar-refractivity contribution is 0.629. The van der Waals surface area contributed by atoms with Crippen LogP contribution in [0.2, 0.25) is 0 Å². The number of benzene rings is 1. The first-order chi connectivity index (χ1) is 8.11. The van der Waals surface area contributed by atoms with Gasteiger partial charge in [0.25, 0.3) is 0 Å². The Hall–Kier alpha value is -0.960. The lowest BCUT2D eigenvalue weighted by Gasteiger charge is -2.09. The number of rotatable bonds is 4. The molecule has 2 rings (SSSR count). The third kappa shape index (κ3) is 2.65. The summed E-state index contributed by atoms with van der Waals surface area (Å²) in [5.41, 5.74) is 2.42. The molecule has 1 nitrogen and oxygen atoms in total. The Bertz CT molecular complexity index is 516. The predicted molar refractivity (Wildman–Crippen MR) is 74.0 cm³/mol. The highest BCUT2D eigenvalue weighted by molar-refractivity contribution is 7.99. The van der Waals surface area contributed by atoms with Gasteiger partial charge in [-0.3, -0.25) is 0 Å². The molecule has 0 aliphatic carbocycles. The summed E-state index contributed by atoms with van der Waals surface area (Å²) in [5, 5.41) is 1.63. The van der Waals surface area contributed by atoms with Crippen LogP contribution in [0.4, 0.5) is 4.39 Å². The fraction of sp³-hybridized carbons (Fsp3) is 0.429. The molecule has 0 atom stereocenters. The highest BCUT2D eigenvalue weighted by Crippen LogP contribution is 2.25. The van der Waals surface area contributed by atoms with E-state index in [4.69, 9.17) is 0 Å². The molecule has 1 heterocycles. The smallest absolute Gasteiger partial charge is 0.123 e. The fourth-order valence-electron chi connectivity index (χ4n) is 2.04. The summed E-state index contributed by atoms with van der Waals surface area (Å²) in [6.45, 7) is 7.46. The largest absolute Gasteiger partial charge is 0.344 e. The molecule has 2 aromatic rings. The van der Waals surface area contributed by atoms with Gasteiger partial charge in [0.1, 0.15) is 5.82 Å². The molecule has 0 spiro atoms. The van der Waals surface area contributed by atoms with Crippen LogP contribution in [-0.2, 0) is 12.3 Å². The van der Waals surface area contributed by atoms with Gasteiger partial charge < -0.3 is 4.57 Å². The Morgan fingerprint density at radius 2 is 2.06 bits per heavy atom. The van der Waals surface area contributed by atoms with Crippen LogP contribution >= 0.6 is 11.8 Å². The average molecular weight is 251 g/mol. The van der Waals surface area contributed by atoms with Crippen LogP contribution in [0, 0.1) is 5.82 Å². The molecular weight excluding hydrogens is 233 g/mol. The molecule has 0 aliphatic heterocycles. The van der Waals surface area contributed by atoms with Gasteiger partial charge in [0, 0.05) is 28.9 Å². The minimum Gasteiger partial charge on any atom is -0.344 e. The number of aryl methyl sites for hydroxylation is 1. The predicted octanol–water partition coefficient (Wildman–Crippen LogP) is 4.44. The van der Waals surface area contributed by atoms with E-state index in [-0.39, 0.29) is 5.82 Å². The van der Waals surface area contributed by atoms with E-state index in [2.05, 4.69) is 31.4 Å². The van der Waals surface area contributed by atoms with Crippen LogP contribution in [0.15, 0.2) is 24.3 Å². The number of thioether (sulfide) groups is 1. The molecule has 0 radical (unpaired) electrons. The van der Waals surface area contributed by atoms with E-state index in [1.54, 1.807) is 6.07 Å². The quantitative estimate of drug-likeness (QED) is 0.777. The molecule has 0 saturated heterocycles. The number of nitrogens with zero attached hydrogens (tertiary/aromatic N) is 1. The molecule has 3 heteroatoms. The molecule has 0 bridgehead atoms. The van der Waals surface area contributed by atoms with Crippen LogP contribution in [0.3, 0.4) is 0 Å². The van der Waals surface area contributed by atoms with Gasteiger partial charge in [0.2, 0.25) is 0 Å². The van der Waals surface area contributed by atoms with Crippen molar-refractivity contribution in [1.82, 2.24) is 4.57 Å². The van der Waals surface area contributed by atoms with Crippen LogP contribution in [0.1, 0.15) is 26.5 Å². The molecule has 0 aliphatic rings. The Morgan fingerprint density at radius 1 is 1.29 bits per heavy atom. The monoisotopic (exact) mass is 251 g/mol. The van der Waals surface area contributed by atoms with E-state index >= 15 is 0 Å². The van der Waals surface area contributed by atoms with Crippen molar-refractivity contribution in [2.75, 3.05) is 0 Å². The van der Waals surface area contributed by atoms with E-state index in [1.807, 2.05) is 17.8 Å². The first-order valence-corrected chi connectivity index (χ1v) is 7.06.